The van der Waals surface area contributed by atoms with Crippen LogP contribution in [-0.4, -0.2) is 47.8 Å². The number of para-hydroxylation sites is 1. The molecule has 0 radical (unpaired) electrons. The van der Waals surface area contributed by atoms with Gasteiger partial charge in [0.15, 0.2) is 11.5 Å². The van der Waals surface area contributed by atoms with Crippen molar-refractivity contribution in [2.24, 2.45) is 5.92 Å². The van der Waals surface area contributed by atoms with E-state index in [1.807, 2.05) is 42.2 Å². The Bertz CT molecular complexity index is 1230. The number of aromatic nitrogens is 1. The Morgan fingerprint density at radius 3 is 2.77 bits per heavy atom. The predicted octanol–water partition coefficient (Wildman–Crippen LogP) is 4.71. The summed E-state index contributed by atoms with van der Waals surface area (Å²) in [5, 5.41) is 1.15. The summed E-state index contributed by atoms with van der Waals surface area (Å²) in [6.45, 7) is 6.43. The summed E-state index contributed by atoms with van der Waals surface area (Å²) in [6, 6.07) is 14.3. The van der Waals surface area contributed by atoms with Crippen LogP contribution >= 0.6 is 0 Å². The van der Waals surface area contributed by atoms with Gasteiger partial charge in [-0.2, -0.15) is 0 Å². The minimum absolute atomic E-state index is 0.0509. The van der Waals surface area contributed by atoms with Gasteiger partial charge in [-0.05, 0) is 56.0 Å². The number of ether oxygens (including phenoxy) is 3. The number of piperidine rings is 1. The minimum Gasteiger partial charge on any atom is -0.466 e. The van der Waals surface area contributed by atoms with Gasteiger partial charge < -0.3 is 23.7 Å². The highest BCUT2D eigenvalue weighted by Crippen LogP contribution is 2.40. The largest absolute Gasteiger partial charge is 0.466 e. The molecule has 1 saturated heterocycles. The maximum absolute atomic E-state index is 13.6. The third-order valence-corrected chi connectivity index (χ3v) is 7.11. The van der Waals surface area contributed by atoms with Gasteiger partial charge in [0.2, 0.25) is 12.7 Å². The van der Waals surface area contributed by atoms with Crippen LogP contribution in [0.1, 0.15) is 50.2 Å². The van der Waals surface area contributed by atoms with Crippen LogP contribution in [0.4, 0.5) is 0 Å². The number of hydrogen-bond acceptors (Lipinski definition) is 5. The van der Waals surface area contributed by atoms with E-state index in [0.717, 1.165) is 47.2 Å². The third kappa shape index (κ3) is 4.59. The van der Waals surface area contributed by atoms with Crippen molar-refractivity contribution in [3.63, 3.8) is 0 Å². The quantitative estimate of drug-likeness (QED) is 0.462. The number of benzene rings is 2. The van der Waals surface area contributed by atoms with Gasteiger partial charge in [-0.1, -0.05) is 24.3 Å². The van der Waals surface area contributed by atoms with Gasteiger partial charge in [0.1, 0.15) is 0 Å². The zero-order valence-corrected chi connectivity index (χ0v) is 20.4. The molecule has 1 amide bonds. The maximum Gasteiger partial charge on any atom is 0.310 e. The van der Waals surface area contributed by atoms with Gasteiger partial charge in [0.05, 0.1) is 12.5 Å². The number of likely N-dealkylation sites (tertiary alicyclic amines) is 1. The fourth-order valence-electron chi connectivity index (χ4n) is 5.31. The minimum atomic E-state index is -0.251. The highest BCUT2D eigenvalue weighted by molar-refractivity contribution is 5.87. The molecule has 2 aliphatic rings. The maximum atomic E-state index is 13.6. The summed E-state index contributed by atoms with van der Waals surface area (Å²) in [4.78, 5) is 27.8. The van der Waals surface area contributed by atoms with Crippen LogP contribution in [0.25, 0.3) is 10.9 Å². The molecule has 2 unspecified atom stereocenters. The second-order valence-corrected chi connectivity index (χ2v) is 9.19. The van der Waals surface area contributed by atoms with E-state index in [9.17, 15) is 9.59 Å². The average molecular weight is 477 g/mol. The standard InChI is InChI=1S/C28H32N2O5/c1-3-29-17-23(21-9-5-6-10-24(21)29)22(19-11-12-25-26(14-19)35-18-34-25)15-27(31)30-13-7-8-20(16-30)28(32)33-4-2/h5-6,9-12,14,17,20,22H,3-4,7-8,13,15-16,18H2,1-2H3. The van der Waals surface area contributed by atoms with E-state index >= 15 is 0 Å². The summed E-state index contributed by atoms with van der Waals surface area (Å²) in [5.74, 6) is 0.872. The van der Waals surface area contributed by atoms with Crippen LogP contribution in [0.15, 0.2) is 48.7 Å². The highest BCUT2D eigenvalue weighted by Gasteiger charge is 2.32. The van der Waals surface area contributed by atoms with Gasteiger partial charge in [0, 0.05) is 49.1 Å². The van der Waals surface area contributed by atoms with Crippen molar-refractivity contribution in [1.82, 2.24) is 9.47 Å². The molecule has 35 heavy (non-hydrogen) atoms. The fraction of sp³-hybridized carbons (Fsp3) is 0.429. The van der Waals surface area contributed by atoms with Crippen molar-refractivity contribution in [1.29, 1.82) is 0 Å². The molecule has 2 aliphatic heterocycles. The Morgan fingerprint density at radius 1 is 1.11 bits per heavy atom. The molecule has 184 valence electrons. The molecule has 0 bridgehead atoms. The molecule has 3 heterocycles. The van der Waals surface area contributed by atoms with Crippen molar-refractivity contribution in [3.05, 3.63) is 59.8 Å². The molecular weight excluding hydrogens is 444 g/mol. The van der Waals surface area contributed by atoms with Crippen LogP contribution in [0.2, 0.25) is 0 Å². The van der Waals surface area contributed by atoms with Gasteiger partial charge in [-0.25, -0.2) is 0 Å². The van der Waals surface area contributed by atoms with Crippen molar-refractivity contribution < 1.29 is 23.8 Å². The zero-order chi connectivity index (χ0) is 24.4. The van der Waals surface area contributed by atoms with E-state index in [2.05, 4.69) is 29.8 Å². The summed E-state index contributed by atoms with van der Waals surface area (Å²) in [5.41, 5.74) is 3.29. The van der Waals surface area contributed by atoms with Gasteiger partial charge in [0.25, 0.3) is 0 Å². The Balaban J connectivity index is 1.48. The molecule has 1 aromatic heterocycles. The van der Waals surface area contributed by atoms with E-state index in [1.54, 1.807) is 0 Å². The normalized spacial score (nSPS) is 18.0. The summed E-state index contributed by atoms with van der Waals surface area (Å²) >= 11 is 0. The first-order valence-corrected chi connectivity index (χ1v) is 12.5. The lowest BCUT2D eigenvalue weighted by molar-refractivity contribution is -0.151. The van der Waals surface area contributed by atoms with Crippen LogP contribution in [0, 0.1) is 5.92 Å². The number of rotatable bonds is 7. The van der Waals surface area contributed by atoms with E-state index in [1.165, 1.54) is 0 Å². The first kappa shape index (κ1) is 23.3. The lowest BCUT2D eigenvalue weighted by atomic mass is 9.87. The number of nitrogens with zero attached hydrogens (tertiary/aromatic N) is 2. The van der Waals surface area contributed by atoms with E-state index < -0.39 is 0 Å². The number of esters is 1. The van der Waals surface area contributed by atoms with E-state index in [4.69, 9.17) is 14.2 Å². The SMILES string of the molecule is CCOC(=O)C1CCCN(C(=O)CC(c2ccc3c(c2)OCO3)c2cn(CC)c3ccccc23)C1. The second-order valence-electron chi connectivity index (χ2n) is 9.19. The van der Waals surface area contributed by atoms with Crippen LogP contribution in [0.3, 0.4) is 0 Å². The molecule has 2 aromatic carbocycles. The number of carbonyl (C=O) groups excluding carboxylic acids is 2. The topological polar surface area (TPSA) is 70.0 Å². The van der Waals surface area contributed by atoms with Crippen molar-refractivity contribution in [2.75, 3.05) is 26.5 Å². The van der Waals surface area contributed by atoms with Gasteiger partial charge in [-0.15, -0.1) is 0 Å². The van der Waals surface area contributed by atoms with Crippen molar-refractivity contribution in [2.45, 2.75) is 45.6 Å². The van der Waals surface area contributed by atoms with Crippen LogP contribution in [-0.2, 0) is 20.9 Å². The summed E-state index contributed by atoms with van der Waals surface area (Å²) < 4.78 is 18.6. The average Bonchev–Trinajstić information content (AvgIpc) is 3.51. The number of hydrogen-bond donors (Lipinski definition) is 0. The molecule has 7 nitrogen and oxygen atoms in total. The number of fused-ring (bicyclic) bond motifs is 2. The Kier molecular flexibility index (Phi) is 6.66. The third-order valence-electron chi connectivity index (χ3n) is 7.11. The van der Waals surface area contributed by atoms with E-state index in [-0.39, 0.29) is 30.5 Å². The smallest absolute Gasteiger partial charge is 0.310 e. The Hall–Kier alpha value is -3.48. The Labute approximate surface area is 205 Å². The first-order chi connectivity index (χ1) is 17.1. The molecule has 7 heteroatoms. The molecule has 0 aliphatic carbocycles. The zero-order valence-electron chi connectivity index (χ0n) is 20.4. The van der Waals surface area contributed by atoms with E-state index in [0.29, 0.717) is 31.9 Å². The molecule has 0 spiro atoms. The lowest BCUT2D eigenvalue weighted by Gasteiger charge is -2.32. The number of aryl methyl sites for hydroxylation is 1. The lowest BCUT2D eigenvalue weighted by Crippen LogP contribution is -2.43. The molecule has 0 saturated carbocycles. The monoisotopic (exact) mass is 476 g/mol. The molecular formula is C28H32N2O5. The molecule has 3 aromatic rings. The summed E-state index contributed by atoms with van der Waals surface area (Å²) in [6.07, 6.45) is 4.05. The van der Waals surface area contributed by atoms with Crippen LogP contribution in [0.5, 0.6) is 11.5 Å². The van der Waals surface area contributed by atoms with Crippen LogP contribution < -0.4 is 9.47 Å². The highest BCUT2D eigenvalue weighted by atomic mass is 16.7. The number of amides is 1. The number of carbonyl (C=O) groups is 2. The summed E-state index contributed by atoms with van der Waals surface area (Å²) in [7, 11) is 0. The van der Waals surface area contributed by atoms with Crippen molar-refractivity contribution >= 4 is 22.8 Å². The van der Waals surface area contributed by atoms with Gasteiger partial charge in [-0.3, -0.25) is 9.59 Å². The molecule has 2 atom stereocenters. The van der Waals surface area contributed by atoms with Crippen molar-refractivity contribution in [3.8, 4) is 11.5 Å². The molecule has 0 N–H and O–H groups in total. The fourth-order valence-corrected chi connectivity index (χ4v) is 5.31. The molecule has 1 fully saturated rings. The first-order valence-electron chi connectivity index (χ1n) is 12.5. The van der Waals surface area contributed by atoms with Gasteiger partial charge >= 0.3 is 5.97 Å². The molecule has 5 rings (SSSR count). The Morgan fingerprint density at radius 2 is 1.94 bits per heavy atom. The second kappa shape index (κ2) is 10.0. The predicted molar refractivity (Wildman–Crippen MR) is 133 cm³/mol.